The molecule has 0 aliphatic rings. The zero-order valence-corrected chi connectivity index (χ0v) is 19.0. The minimum atomic E-state index is -2.23. The Kier molecular flexibility index (Phi) is 11.8. The summed E-state index contributed by atoms with van der Waals surface area (Å²) in [7, 11) is 0. The first kappa shape index (κ1) is 21.8. The molecule has 0 bridgehead atoms. The molecule has 0 radical (unpaired) electrons. The summed E-state index contributed by atoms with van der Waals surface area (Å²) in [5.41, 5.74) is 1.25. The summed E-state index contributed by atoms with van der Waals surface area (Å²) in [4.78, 5) is 0. The van der Waals surface area contributed by atoms with Crippen molar-refractivity contribution in [2.45, 2.75) is 78.5 Å². The van der Waals surface area contributed by atoms with Crippen LogP contribution >= 0.6 is 0 Å². The van der Waals surface area contributed by atoms with Gasteiger partial charge in [0.25, 0.3) is 0 Å². The molecule has 1 aromatic carbocycles. The molecule has 1 rings (SSSR count). The van der Waals surface area contributed by atoms with Gasteiger partial charge in [-0.3, -0.25) is 0 Å². The predicted octanol–water partition coefficient (Wildman–Crippen LogP) is 6.71. The van der Waals surface area contributed by atoms with Crippen LogP contribution in [0.3, 0.4) is 0 Å². The van der Waals surface area contributed by atoms with E-state index in [4.69, 9.17) is 0 Å². The van der Waals surface area contributed by atoms with Crippen molar-refractivity contribution in [2.75, 3.05) is 6.61 Å². The molecule has 24 heavy (non-hydrogen) atoms. The number of aliphatic hydroxyl groups excluding tert-OH is 1. The summed E-state index contributed by atoms with van der Waals surface area (Å²) in [5.74, 6) is 0.173. The third kappa shape index (κ3) is 7.73. The molecular weight excluding hydrogens is 399 g/mol. The summed E-state index contributed by atoms with van der Waals surface area (Å²) in [6.45, 7) is 7.18. The van der Waals surface area contributed by atoms with Gasteiger partial charge in [0.1, 0.15) is 0 Å². The summed E-state index contributed by atoms with van der Waals surface area (Å²) >= 11 is -2.23. The van der Waals surface area contributed by atoms with E-state index in [-0.39, 0.29) is 12.5 Å². The van der Waals surface area contributed by atoms with Crippen molar-refractivity contribution < 1.29 is 5.11 Å². The van der Waals surface area contributed by atoms with E-state index in [1.807, 2.05) is 0 Å². The number of aliphatic hydroxyl groups is 1. The van der Waals surface area contributed by atoms with Crippen LogP contribution in [0, 0.1) is 0 Å². The van der Waals surface area contributed by atoms with Crippen LogP contribution in [0.25, 0.3) is 0 Å². The van der Waals surface area contributed by atoms with E-state index in [0.717, 1.165) is 0 Å². The quantitative estimate of drug-likeness (QED) is 0.340. The zero-order valence-electron chi connectivity index (χ0n) is 16.1. The van der Waals surface area contributed by atoms with E-state index in [1.165, 1.54) is 57.4 Å². The standard InChI is InChI=1S/C10H11O.3C4H9.Sn/c1-2-9(8-11)10-6-4-3-5-7-10;3*1-3-4-2;/h1-7,9,11H,8H2;3*1,3-4H2,2H3;. The maximum absolute atomic E-state index is 9.88. The minimum absolute atomic E-state index is 0.173. The van der Waals surface area contributed by atoms with E-state index in [1.54, 1.807) is 0 Å². The van der Waals surface area contributed by atoms with Crippen LogP contribution in [-0.2, 0) is 0 Å². The van der Waals surface area contributed by atoms with Gasteiger partial charge >= 0.3 is 155 Å². The van der Waals surface area contributed by atoms with Crippen molar-refractivity contribution in [3.8, 4) is 0 Å². The van der Waals surface area contributed by atoms with Crippen LogP contribution in [-0.4, -0.2) is 30.1 Å². The number of benzene rings is 1. The van der Waals surface area contributed by atoms with Crippen molar-refractivity contribution >= 4 is 18.4 Å². The van der Waals surface area contributed by atoms with E-state index in [0.29, 0.717) is 0 Å². The van der Waals surface area contributed by atoms with Crippen molar-refractivity contribution in [3.63, 3.8) is 0 Å². The van der Waals surface area contributed by atoms with Gasteiger partial charge in [0.15, 0.2) is 0 Å². The number of hydrogen-bond acceptors (Lipinski definition) is 1. The average Bonchev–Trinajstić information content (AvgIpc) is 2.64. The molecule has 0 spiro atoms. The Balaban J connectivity index is 2.96. The molecule has 0 aromatic heterocycles. The van der Waals surface area contributed by atoms with Gasteiger partial charge in [-0.1, -0.05) is 0 Å². The van der Waals surface area contributed by atoms with Crippen LogP contribution in [0.4, 0.5) is 0 Å². The van der Waals surface area contributed by atoms with Gasteiger partial charge < -0.3 is 0 Å². The topological polar surface area (TPSA) is 20.2 Å². The first-order valence-corrected chi connectivity index (χ1v) is 17.8. The van der Waals surface area contributed by atoms with Crippen molar-refractivity contribution in [1.29, 1.82) is 0 Å². The Morgan fingerprint density at radius 2 is 1.38 bits per heavy atom. The second kappa shape index (κ2) is 13.0. The van der Waals surface area contributed by atoms with E-state index in [9.17, 15) is 5.11 Å². The van der Waals surface area contributed by atoms with Crippen LogP contribution in [0.15, 0.2) is 40.5 Å². The molecule has 0 amide bonds. The second-order valence-electron chi connectivity index (χ2n) is 7.23. The second-order valence-corrected chi connectivity index (χ2v) is 20.2. The van der Waals surface area contributed by atoms with Crippen LogP contribution in [0.1, 0.15) is 70.8 Å². The normalized spacial score (nSPS) is 13.5. The monoisotopic (exact) mass is 438 g/mol. The first-order chi connectivity index (χ1) is 11.7. The van der Waals surface area contributed by atoms with E-state index >= 15 is 0 Å². The van der Waals surface area contributed by atoms with Crippen LogP contribution in [0.2, 0.25) is 13.3 Å². The summed E-state index contributed by atoms with van der Waals surface area (Å²) < 4.78 is 7.17. The molecule has 2 heteroatoms. The molecule has 136 valence electrons. The molecule has 1 N–H and O–H groups in total. The Morgan fingerprint density at radius 3 is 1.79 bits per heavy atom. The van der Waals surface area contributed by atoms with Crippen molar-refractivity contribution in [2.24, 2.45) is 0 Å². The van der Waals surface area contributed by atoms with Crippen molar-refractivity contribution in [1.82, 2.24) is 0 Å². The van der Waals surface area contributed by atoms with Gasteiger partial charge in [-0.25, -0.2) is 0 Å². The summed E-state index contributed by atoms with van der Waals surface area (Å²) in [5, 5.41) is 9.88. The summed E-state index contributed by atoms with van der Waals surface area (Å²) in [6.07, 6.45) is 10.5. The molecule has 1 atom stereocenters. The van der Waals surface area contributed by atoms with Gasteiger partial charge in [0.2, 0.25) is 0 Å². The Bertz CT molecular complexity index is 419. The Hall–Kier alpha value is -0.281. The molecule has 1 unspecified atom stereocenters. The maximum atomic E-state index is 9.88. The van der Waals surface area contributed by atoms with Gasteiger partial charge in [0.05, 0.1) is 0 Å². The third-order valence-electron chi connectivity index (χ3n) is 5.19. The molecule has 0 aliphatic carbocycles. The average molecular weight is 437 g/mol. The molecule has 0 heterocycles. The Morgan fingerprint density at radius 1 is 0.875 bits per heavy atom. The number of hydrogen-bond donors (Lipinski definition) is 1. The third-order valence-corrected chi connectivity index (χ3v) is 19.3. The molecule has 0 fully saturated rings. The van der Waals surface area contributed by atoms with E-state index < -0.39 is 18.4 Å². The van der Waals surface area contributed by atoms with Gasteiger partial charge in [-0.15, -0.1) is 0 Å². The van der Waals surface area contributed by atoms with Crippen LogP contribution < -0.4 is 0 Å². The fourth-order valence-electron chi connectivity index (χ4n) is 3.51. The predicted molar refractivity (Wildman–Crippen MR) is 110 cm³/mol. The number of rotatable bonds is 13. The molecule has 0 saturated carbocycles. The fraction of sp³-hybridized carbons (Fsp3) is 0.636. The Labute approximate surface area is 154 Å². The zero-order chi connectivity index (χ0) is 17.7. The fourth-order valence-corrected chi connectivity index (χ4v) is 18.0. The number of unbranched alkanes of at least 4 members (excludes halogenated alkanes) is 3. The first-order valence-electron chi connectivity index (χ1n) is 10.1. The summed E-state index contributed by atoms with van der Waals surface area (Å²) in [6, 6.07) is 10.5. The van der Waals surface area contributed by atoms with E-state index in [2.05, 4.69) is 61.3 Å². The van der Waals surface area contributed by atoms with Gasteiger partial charge in [0, 0.05) is 0 Å². The molecular formula is C22H38OSn. The molecule has 0 aliphatic heterocycles. The van der Waals surface area contributed by atoms with Crippen LogP contribution in [0.5, 0.6) is 0 Å². The molecule has 0 saturated heterocycles. The van der Waals surface area contributed by atoms with Gasteiger partial charge in [-0.2, -0.15) is 0 Å². The van der Waals surface area contributed by atoms with Crippen molar-refractivity contribution in [3.05, 3.63) is 46.1 Å². The van der Waals surface area contributed by atoms with Gasteiger partial charge in [-0.05, 0) is 0 Å². The molecule has 1 nitrogen and oxygen atoms in total. The SMILES string of the molecule is CCC[CH2][Sn](/[CH]=C\C(CO)c1ccccc1)([CH2]CCC)[CH2]CCC. The molecule has 1 aromatic rings.